The molecule has 1 N–H and O–H groups in total. The number of hydrogen-bond donors (Lipinski definition) is 1. The normalized spacial score (nSPS) is 30.5. The van der Waals surface area contributed by atoms with Crippen molar-refractivity contribution in [1.82, 2.24) is 9.97 Å². The van der Waals surface area contributed by atoms with Gasteiger partial charge in [-0.25, -0.2) is 9.97 Å². The fraction of sp³-hybridized carbons (Fsp3) is 0.600. The van der Waals surface area contributed by atoms with Gasteiger partial charge in [-0.3, -0.25) is 0 Å². The van der Waals surface area contributed by atoms with Crippen molar-refractivity contribution in [3.05, 3.63) is 16.0 Å². The Bertz CT molecular complexity index is 343. The quantitative estimate of drug-likeness (QED) is 0.848. The number of nitrogens with zero attached hydrogens (tertiary/aromatic N) is 2. The SMILES string of the molecule is CC1OCCC1(C)Nc1ncc(I)cn1. The first-order valence-corrected chi connectivity index (χ1v) is 6.05. The molecule has 1 fully saturated rings. The minimum absolute atomic E-state index is 0.0488. The maximum atomic E-state index is 5.54. The molecule has 1 aliphatic rings. The van der Waals surface area contributed by atoms with Crippen LogP contribution < -0.4 is 5.32 Å². The molecule has 0 saturated carbocycles. The first-order valence-electron chi connectivity index (χ1n) is 4.97. The molecule has 2 rings (SSSR count). The van der Waals surface area contributed by atoms with Gasteiger partial charge < -0.3 is 10.1 Å². The van der Waals surface area contributed by atoms with Gasteiger partial charge in [-0.05, 0) is 42.9 Å². The number of halogens is 1. The Balaban J connectivity index is 2.11. The van der Waals surface area contributed by atoms with Gasteiger partial charge in [-0.1, -0.05) is 0 Å². The van der Waals surface area contributed by atoms with Gasteiger partial charge in [-0.2, -0.15) is 0 Å². The molecule has 0 amide bonds. The minimum atomic E-state index is -0.0488. The Hall–Kier alpha value is -0.430. The van der Waals surface area contributed by atoms with E-state index in [0.717, 1.165) is 16.6 Å². The van der Waals surface area contributed by atoms with Crippen LogP contribution in [0.2, 0.25) is 0 Å². The number of rotatable bonds is 2. The van der Waals surface area contributed by atoms with E-state index in [-0.39, 0.29) is 11.6 Å². The van der Waals surface area contributed by atoms with E-state index in [4.69, 9.17) is 4.74 Å². The second-order valence-electron chi connectivity index (χ2n) is 4.03. The zero-order valence-electron chi connectivity index (χ0n) is 8.83. The maximum absolute atomic E-state index is 5.54. The molecule has 0 spiro atoms. The summed E-state index contributed by atoms with van der Waals surface area (Å²) < 4.78 is 6.59. The van der Waals surface area contributed by atoms with Crippen LogP contribution in [0, 0.1) is 3.57 Å². The van der Waals surface area contributed by atoms with Crippen LogP contribution in [-0.2, 0) is 4.74 Å². The van der Waals surface area contributed by atoms with Gasteiger partial charge in [0.15, 0.2) is 0 Å². The van der Waals surface area contributed by atoms with Crippen LogP contribution in [0.3, 0.4) is 0 Å². The molecule has 0 aromatic carbocycles. The molecule has 0 radical (unpaired) electrons. The van der Waals surface area contributed by atoms with Crippen molar-refractivity contribution in [2.24, 2.45) is 0 Å². The Labute approximate surface area is 103 Å². The van der Waals surface area contributed by atoms with Crippen molar-refractivity contribution < 1.29 is 4.74 Å². The molecule has 82 valence electrons. The van der Waals surface area contributed by atoms with Crippen molar-refractivity contribution in [3.63, 3.8) is 0 Å². The first kappa shape index (κ1) is 11.1. The third-order valence-corrected chi connectivity index (χ3v) is 3.46. The second-order valence-corrected chi connectivity index (χ2v) is 5.28. The maximum Gasteiger partial charge on any atom is 0.223 e. The van der Waals surface area contributed by atoms with Crippen LogP contribution in [0.1, 0.15) is 20.3 Å². The number of nitrogens with one attached hydrogen (secondary N) is 1. The van der Waals surface area contributed by atoms with Crippen LogP contribution in [0.15, 0.2) is 12.4 Å². The molecule has 15 heavy (non-hydrogen) atoms. The van der Waals surface area contributed by atoms with Crippen molar-refractivity contribution in [2.45, 2.75) is 31.9 Å². The fourth-order valence-electron chi connectivity index (χ4n) is 1.63. The number of aromatic nitrogens is 2. The lowest BCUT2D eigenvalue weighted by atomic mass is 9.95. The largest absolute Gasteiger partial charge is 0.376 e. The van der Waals surface area contributed by atoms with Crippen LogP contribution >= 0.6 is 22.6 Å². The van der Waals surface area contributed by atoms with E-state index in [9.17, 15) is 0 Å². The molecule has 4 nitrogen and oxygen atoms in total. The highest BCUT2D eigenvalue weighted by Crippen LogP contribution is 2.28. The lowest BCUT2D eigenvalue weighted by Gasteiger charge is -2.28. The molecule has 2 unspecified atom stereocenters. The average molecular weight is 319 g/mol. The Morgan fingerprint density at radius 1 is 1.53 bits per heavy atom. The highest BCUT2D eigenvalue weighted by molar-refractivity contribution is 14.1. The lowest BCUT2D eigenvalue weighted by molar-refractivity contribution is 0.105. The Morgan fingerprint density at radius 2 is 2.20 bits per heavy atom. The van der Waals surface area contributed by atoms with Crippen LogP contribution in [0.5, 0.6) is 0 Å². The van der Waals surface area contributed by atoms with Gasteiger partial charge in [0, 0.05) is 22.6 Å². The topological polar surface area (TPSA) is 47.0 Å². The molecular formula is C10H14IN3O. The van der Waals surface area contributed by atoms with Crippen LogP contribution in [-0.4, -0.2) is 28.2 Å². The van der Waals surface area contributed by atoms with Gasteiger partial charge in [0.25, 0.3) is 0 Å². The van der Waals surface area contributed by atoms with Crippen molar-refractivity contribution in [3.8, 4) is 0 Å². The summed E-state index contributed by atoms with van der Waals surface area (Å²) in [5, 5.41) is 3.34. The van der Waals surface area contributed by atoms with E-state index in [2.05, 4.69) is 51.7 Å². The van der Waals surface area contributed by atoms with Gasteiger partial charge in [0.1, 0.15) is 0 Å². The first-order chi connectivity index (χ1) is 7.10. The summed E-state index contributed by atoms with van der Waals surface area (Å²) in [6.07, 6.45) is 4.79. The molecule has 0 aliphatic carbocycles. The summed E-state index contributed by atoms with van der Waals surface area (Å²) in [6.45, 7) is 5.02. The summed E-state index contributed by atoms with van der Waals surface area (Å²) in [4.78, 5) is 8.47. The van der Waals surface area contributed by atoms with Crippen LogP contribution in [0.4, 0.5) is 5.95 Å². The van der Waals surface area contributed by atoms with E-state index in [1.807, 2.05) is 0 Å². The number of hydrogen-bond acceptors (Lipinski definition) is 4. The van der Waals surface area contributed by atoms with Gasteiger partial charge in [0.05, 0.1) is 11.6 Å². The van der Waals surface area contributed by atoms with Crippen molar-refractivity contribution in [2.75, 3.05) is 11.9 Å². The Morgan fingerprint density at radius 3 is 2.73 bits per heavy atom. The average Bonchev–Trinajstić information content (AvgIpc) is 2.51. The van der Waals surface area contributed by atoms with E-state index >= 15 is 0 Å². The molecule has 0 bridgehead atoms. The highest BCUT2D eigenvalue weighted by atomic mass is 127. The monoisotopic (exact) mass is 319 g/mol. The summed E-state index contributed by atoms with van der Waals surface area (Å²) in [6, 6.07) is 0. The number of ether oxygens (including phenoxy) is 1. The summed E-state index contributed by atoms with van der Waals surface area (Å²) in [7, 11) is 0. The van der Waals surface area contributed by atoms with E-state index in [1.165, 1.54) is 0 Å². The molecule has 2 heterocycles. The van der Waals surface area contributed by atoms with Gasteiger partial charge in [-0.15, -0.1) is 0 Å². The standard InChI is InChI=1S/C10H14IN3O/c1-7-10(2,3-4-15-7)14-9-12-5-8(11)6-13-9/h5-7H,3-4H2,1-2H3,(H,12,13,14). The third kappa shape index (κ3) is 2.39. The zero-order chi connectivity index (χ0) is 10.9. The molecule has 1 aliphatic heterocycles. The molecule has 1 aromatic rings. The molecule has 1 aromatic heterocycles. The van der Waals surface area contributed by atoms with Gasteiger partial charge >= 0.3 is 0 Å². The third-order valence-electron chi connectivity index (χ3n) is 2.90. The van der Waals surface area contributed by atoms with E-state index in [1.54, 1.807) is 12.4 Å². The molecular weight excluding hydrogens is 305 g/mol. The zero-order valence-corrected chi connectivity index (χ0v) is 11.0. The van der Waals surface area contributed by atoms with Gasteiger partial charge in [0.2, 0.25) is 5.95 Å². The predicted molar refractivity (Wildman–Crippen MR) is 66.8 cm³/mol. The minimum Gasteiger partial charge on any atom is -0.376 e. The fourth-order valence-corrected chi connectivity index (χ4v) is 1.91. The summed E-state index contributed by atoms with van der Waals surface area (Å²) in [5.74, 6) is 0.676. The van der Waals surface area contributed by atoms with E-state index < -0.39 is 0 Å². The Kier molecular flexibility index (Phi) is 3.11. The molecule has 2 atom stereocenters. The number of anilines is 1. The molecule has 5 heteroatoms. The summed E-state index contributed by atoms with van der Waals surface area (Å²) >= 11 is 2.19. The molecule has 1 saturated heterocycles. The van der Waals surface area contributed by atoms with Crippen molar-refractivity contribution in [1.29, 1.82) is 0 Å². The van der Waals surface area contributed by atoms with Crippen LogP contribution in [0.25, 0.3) is 0 Å². The second kappa shape index (κ2) is 4.21. The van der Waals surface area contributed by atoms with Crippen molar-refractivity contribution >= 4 is 28.5 Å². The highest BCUT2D eigenvalue weighted by Gasteiger charge is 2.37. The smallest absolute Gasteiger partial charge is 0.223 e. The predicted octanol–water partition coefficient (Wildman–Crippen LogP) is 2.06. The lowest BCUT2D eigenvalue weighted by Crippen LogP contribution is -2.41. The summed E-state index contributed by atoms with van der Waals surface area (Å²) in [5.41, 5.74) is -0.0488. The van der Waals surface area contributed by atoms with E-state index in [0.29, 0.717) is 5.95 Å².